The molecule has 0 heterocycles. The average Bonchev–Trinajstić information content (AvgIpc) is 3.02. The Kier molecular flexibility index (Phi) is 3.23. The summed E-state index contributed by atoms with van der Waals surface area (Å²) in [6.45, 7) is 0. The summed E-state index contributed by atoms with van der Waals surface area (Å²) < 4.78 is 11.1. The molecule has 18 heavy (non-hydrogen) atoms. The third-order valence-electron chi connectivity index (χ3n) is 4.48. The minimum absolute atomic E-state index is 0.102. The van der Waals surface area contributed by atoms with Crippen LogP contribution >= 0.6 is 0 Å². The molecule has 0 saturated heterocycles. The summed E-state index contributed by atoms with van der Waals surface area (Å²) in [7, 11) is 3.48. The lowest BCUT2D eigenvalue weighted by molar-refractivity contribution is -0.146. The van der Waals surface area contributed by atoms with Crippen LogP contribution in [0.5, 0.6) is 0 Å². The molecule has 0 amide bonds. The highest BCUT2D eigenvalue weighted by Crippen LogP contribution is 2.54. The Morgan fingerprint density at radius 3 is 2.33 bits per heavy atom. The van der Waals surface area contributed by atoms with Gasteiger partial charge < -0.3 is 9.47 Å². The molecule has 2 heteroatoms. The van der Waals surface area contributed by atoms with Crippen LogP contribution in [0.3, 0.4) is 0 Å². The molecule has 0 spiro atoms. The second kappa shape index (κ2) is 4.87. The normalized spacial score (nSPS) is 33.5. The predicted molar refractivity (Wildman–Crippen MR) is 71.2 cm³/mol. The van der Waals surface area contributed by atoms with Crippen LogP contribution in [0, 0.1) is 17.8 Å². The molecular formula is C16H20O2. The minimum Gasteiger partial charge on any atom is -0.356 e. The van der Waals surface area contributed by atoms with E-state index in [1.165, 1.54) is 12.0 Å². The molecule has 1 saturated carbocycles. The highest BCUT2D eigenvalue weighted by molar-refractivity contribution is 5.29. The molecule has 0 aliphatic heterocycles. The molecule has 2 aliphatic rings. The van der Waals surface area contributed by atoms with Crippen LogP contribution in [0.1, 0.15) is 17.9 Å². The van der Waals surface area contributed by atoms with Gasteiger partial charge in [-0.1, -0.05) is 42.5 Å². The fourth-order valence-electron chi connectivity index (χ4n) is 3.79. The molecule has 0 unspecified atom stereocenters. The van der Waals surface area contributed by atoms with Gasteiger partial charge in [-0.2, -0.15) is 0 Å². The van der Waals surface area contributed by atoms with Gasteiger partial charge in [-0.05, 0) is 29.7 Å². The van der Waals surface area contributed by atoms with E-state index in [1.807, 2.05) is 0 Å². The number of hydrogen-bond donors (Lipinski definition) is 0. The zero-order valence-corrected chi connectivity index (χ0v) is 11.0. The van der Waals surface area contributed by atoms with Gasteiger partial charge in [0.2, 0.25) is 0 Å². The van der Waals surface area contributed by atoms with Crippen LogP contribution in [0.25, 0.3) is 0 Å². The zero-order valence-electron chi connectivity index (χ0n) is 11.0. The standard InChI is InChI=1S/C16H20O2/c1-17-16(18-2)15-13-9-8-12(10-13)14(15)11-6-4-3-5-7-11/h3-9,12-16H,10H2,1-2H3/t12-,13+,14+,15+/m1/s1. The molecule has 1 fully saturated rings. The molecule has 1 aromatic carbocycles. The van der Waals surface area contributed by atoms with E-state index in [4.69, 9.17) is 9.47 Å². The molecule has 3 rings (SSSR count). The lowest BCUT2D eigenvalue weighted by Gasteiger charge is -2.33. The van der Waals surface area contributed by atoms with Crippen LogP contribution in [-0.2, 0) is 9.47 Å². The fraction of sp³-hybridized carbons (Fsp3) is 0.500. The summed E-state index contributed by atoms with van der Waals surface area (Å²) in [5, 5.41) is 0. The van der Waals surface area contributed by atoms with Gasteiger partial charge in [-0.25, -0.2) is 0 Å². The van der Waals surface area contributed by atoms with Crippen molar-refractivity contribution in [1.82, 2.24) is 0 Å². The summed E-state index contributed by atoms with van der Waals surface area (Å²) in [5.74, 6) is 2.23. The Labute approximate surface area is 109 Å². The van der Waals surface area contributed by atoms with Crippen molar-refractivity contribution in [3.63, 3.8) is 0 Å². The highest BCUT2D eigenvalue weighted by Gasteiger charge is 2.48. The van der Waals surface area contributed by atoms with Crippen molar-refractivity contribution >= 4 is 0 Å². The van der Waals surface area contributed by atoms with Gasteiger partial charge in [0.1, 0.15) is 0 Å². The van der Waals surface area contributed by atoms with Crippen LogP contribution in [0.15, 0.2) is 42.5 Å². The maximum absolute atomic E-state index is 5.53. The average molecular weight is 244 g/mol. The van der Waals surface area contributed by atoms with E-state index in [0.717, 1.165) is 0 Å². The lowest BCUT2D eigenvalue weighted by atomic mass is 9.78. The third kappa shape index (κ3) is 1.80. The first-order valence-electron chi connectivity index (χ1n) is 6.64. The van der Waals surface area contributed by atoms with E-state index in [-0.39, 0.29) is 6.29 Å². The fourth-order valence-corrected chi connectivity index (χ4v) is 3.79. The maximum atomic E-state index is 5.53. The molecule has 2 aliphatic carbocycles. The molecular weight excluding hydrogens is 224 g/mol. The minimum atomic E-state index is -0.102. The largest absolute Gasteiger partial charge is 0.356 e. The summed E-state index contributed by atoms with van der Waals surface area (Å²) in [5.41, 5.74) is 1.42. The second-order valence-electron chi connectivity index (χ2n) is 5.30. The van der Waals surface area contributed by atoms with Gasteiger partial charge in [0, 0.05) is 20.1 Å². The van der Waals surface area contributed by atoms with E-state index >= 15 is 0 Å². The van der Waals surface area contributed by atoms with Crippen molar-refractivity contribution in [3.05, 3.63) is 48.0 Å². The van der Waals surface area contributed by atoms with Gasteiger partial charge in [-0.3, -0.25) is 0 Å². The number of ether oxygens (including phenoxy) is 2. The zero-order chi connectivity index (χ0) is 12.5. The predicted octanol–water partition coefficient (Wildman–Crippen LogP) is 3.21. The Balaban J connectivity index is 1.94. The first kappa shape index (κ1) is 11.9. The van der Waals surface area contributed by atoms with E-state index in [0.29, 0.717) is 23.7 Å². The topological polar surface area (TPSA) is 18.5 Å². The maximum Gasteiger partial charge on any atom is 0.160 e. The number of methoxy groups -OCH3 is 2. The van der Waals surface area contributed by atoms with E-state index in [1.54, 1.807) is 14.2 Å². The van der Waals surface area contributed by atoms with Crippen LogP contribution in [0.2, 0.25) is 0 Å². The van der Waals surface area contributed by atoms with Crippen molar-refractivity contribution in [2.45, 2.75) is 18.6 Å². The van der Waals surface area contributed by atoms with Gasteiger partial charge in [0.05, 0.1) is 0 Å². The third-order valence-corrected chi connectivity index (χ3v) is 4.48. The number of benzene rings is 1. The van der Waals surface area contributed by atoms with Gasteiger partial charge >= 0.3 is 0 Å². The van der Waals surface area contributed by atoms with Gasteiger partial charge in [-0.15, -0.1) is 0 Å². The van der Waals surface area contributed by atoms with Crippen molar-refractivity contribution in [2.24, 2.45) is 17.8 Å². The Morgan fingerprint density at radius 2 is 1.67 bits per heavy atom. The number of fused-ring (bicyclic) bond motifs is 2. The van der Waals surface area contributed by atoms with Crippen molar-refractivity contribution in [3.8, 4) is 0 Å². The van der Waals surface area contributed by atoms with Crippen LogP contribution < -0.4 is 0 Å². The smallest absolute Gasteiger partial charge is 0.160 e. The Morgan fingerprint density at radius 1 is 1.00 bits per heavy atom. The van der Waals surface area contributed by atoms with Crippen molar-refractivity contribution < 1.29 is 9.47 Å². The molecule has 2 nitrogen and oxygen atoms in total. The van der Waals surface area contributed by atoms with Crippen molar-refractivity contribution in [2.75, 3.05) is 14.2 Å². The summed E-state index contributed by atoms with van der Waals surface area (Å²) in [6.07, 6.45) is 5.87. The quantitative estimate of drug-likeness (QED) is 0.598. The molecule has 0 N–H and O–H groups in total. The second-order valence-corrected chi connectivity index (χ2v) is 5.30. The van der Waals surface area contributed by atoms with Gasteiger partial charge in [0.25, 0.3) is 0 Å². The Hall–Kier alpha value is -1.12. The number of allylic oxidation sites excluding steroid dienone is 2. The molecule has 2 bridgehead atoms. The van der Waals surface area contributed by atoms with E-state index in [2.05, 4.69) is 42.5 Å². The lowest BCUT2D eigenvalue weighted by Crippen LogP contribution is -2.32. The van der Waals surface area contributed by atoms with Crippen LogP contribution in [0.4, 0.5) is 0 Å². The van der Waals surface area contributed by atoms with Gasteiger partial charge in [0.15, 0.2) is 6.29 Å². The van der Waals surface area contributed by atoms with E-state index < -0.39 is 0 Å². The first-order valence-corrected chi connectivity index (χ1v) is 6.64. The van der Waals surface area contributed by atoms with E-state index in [9.17, 15) is 0 Å². The SMILES string of the molecule is COC(OC)[C@@H]1[C@@H](c2ccccc2)[C@@H]2C=C[C@H]1C2. The summed E-state index contributed by atoms with van der Waals surface area (Å²) in [4.78, 5) is 0. The molecule has 0 aromatic heterocycles. The summed E-state index contributed by atoms with van der Waals surface area (Å²) in [6, 6.07) is 10.8. The molecule has 96 valence electrons. The Bertz CT molecular complexity index is 422. The highest BCUT2D eigenvalue weighted by atomic mass is 16.7. The number of rotatable bonds is 4. The van der Waals surface area contributed by atoms with Crippen LogP contribution in [-0.4, -0.2) is 20.5 Å². The van der Waals surface area contributed by atoms with Crippen molar-refractivity contribution in [1.29, 1.82) is 0 Å². The molecule has 1 aromatic rings. The molecule has 4 atom stereocenters. The summed E-state index contributed by atoms with van der Waals surface area (Å²) >= 11 is 0. The monoisotopic (exact) mass is 244 g/mol. The molecule has 0 radical (unpaired) electrons. The first-order chi connectivity index (χ1) is 8.85. The number of hydrogen-bond acceptors (Lipinski definition) is 2.